The van der Waals surface area contributed by atoms with E-state index >= 15 is 17.6 Å². The van der Waals surface area contributed by atoms with E-state index < -0.39 is 191 Å². The van der Waals surface area contributed by atoms with E-state index in [2.05, 4.69) is 4.72 Å². The number of ether oxygens (including phenoxy) is 8. The zero-order valence-electron chi connectivity index (χ0n) is 68.8. The maximum Gasteiger partial charge on any atom is 0.211 e. The molecule has 0 saturated carbocycles. The number of sulfonamides is 1. The number of Topliss-reactive ketones (excluding diaryl/α,β-unsaturated/α-hetero) is 2. The van der Waals surface area contributed by atoms with Crippen LogP contribution in [0.25, 0.3) is 0 Å². The van der Waals surface area contributed by atoms with E-state index in [1.807, 2.05) is 0 Å². The van der Waals surface area contributed by atoms with E-state index in [0.29, 0.717) is 32.9 Å². The zero-order chi connectivity index (χ0) is 92.1. The van der Waals surface area contributed by atoms with Gasteiger partial charge in [-0.1, -0.05) is 60.3 Å². The Labute approximate surface area is 750 Å². The summed E-state index contributed by atoms with van der Waals surface area (Å²) in [6.45, 7) is 6.87. The second-order valence-electron chi connectivity index (χ2n) is 32.4. The molecule has 0 radical (unpaired) electrons. The van der Waals surface area contributed by atoms with Gasteiger partial charge in [-0.15, -0.1) is 0 Å². The fraction of sp³-hybridized carbons (Fsp3) is 0.432. The summed E-state index contributed by atoms with van der Waals surface area (Å²) in [4.78, 5) is 24.0. The first-order valence-electron chi connectivity index (χ1n) is 40.6. The summed E-state index contributed by atoms with van der Waals surface area (Å²) in [6.07, 6.45) is -2.52. The van der Waals surface area contributed by atoms with Gasteiger partial charge >= 0.3 is 0 Å². The van der Waals surface area contributed by atoms with Gasteiger partial charge in [-0.25, -0.2) is 81.9 Å². The number of carbonyl (C=O) groups is 2. The second kappa shape index (κ2) is 37.9. The SMILES string of the molecule is CC(C)(O)CC[C@@H]1OCC[C@@]2(S(=O)(=O)c3ccc(Cl)cc3)c3c(F)ccc(F)c3OC[C@@H]12.CCC(=O)C[C@@H]1OCC[C@@]2(S(=O)(=O)c3ccc(Cl)cc3)c3c(F)ccc(F)c3OC[C@@H]12.CCC(=O)C[C@@H]1OCC[C@@]2(S(=O)(=O)c3ccc(Cl)cc3)c3c(F)ccc(F)c3OC[C@@H]12.CCS(=O)(=O)NC[C@@H]1OCC[C@@]2(S(=O)(=O)c3ccc(Cl)cc3)c3c(F)ccc(F)c3OC[C@@H]12. The van der Waals surface area contributed by atoms with Crippen LogP contribution in [0.4, 0.5) is 35.1 Å². The predicted molar refractivity (Wildman–Crippen MR) is 453 cm³/mol. The fourth-order valence-electron chi connectivity index (χ4n) is 18.6. The van der Waals surface area contributed by atoms with Gasteiger partial charge in [0.2, 0.25) is 10.0 Å². The second-order valence-corrected chi connectivity index (χ2v) is 45.1. The zero-order valence-corrected chi connectivity index (χ0v) is 75.9. The Morgan fingerprint density at radius 1 is 0.378 bits per heavy atom. The molecule has 0 spiro atoms. The molecule has 0 bridgehead atoms. The Morgan fingerprint density at radius 2 is 0.614 bits per heavy atom. The molecule has 8 aliphatic heterocycles. The van der Waals surface area contributed by atoms with Gasteiger partial charge in [-0.2, -0.15) is 0 Å². The van der Waals surface area contributed by atoms with Gasteiger partial charge in [-0.3, -0.25) is 9.59 Å². The van der Waals surface area contributed by atoms with Gasteiger partial charge in [0.15, 0.2) is 85.6 Å². The molecule has 2 N–H and O–H groups in total. The molecule has 0 aliphatic carbocycles. The van der Waals surface area contributed by atoms with Crippen LogP contribution in [0.5, 0.6) is 23.0 Å². The van der Waals surface area contributed by atoms with Crippen LogP contribution in [0, 0.1) is 70.2 Å². The van der Waals surface area contributed by atoms with Crippen LogP contribution in [-0.4, -0.2) is 154 Å². The van der Waals surface area contributed by atoms with Crippen molar-refractivity contribution in [3.8, 4) is 23.0 Å². The maximum absolute atomic E-state index is 15.3. The van der Waals surface area contributed by atoms with Crippen LogP contribution in [0.1, 0.15) is 121 Å². The number of hydrogen-bond acceptors (Lipinski definition) is 21. The molecule has 0 amide bonds. The highest BCUT2D eigenvalue weighted by atomic mass is 35.5. The lowest BCUT2D eigenvalue weighted by Gasteiger charge is -2.50. The Morgan fingerprint density at radius 3 is 0.866 bits per heavy atom. The first kappa shape index (κ1) is 97.0. The molecule has 8 heterocycles. The lowest BCUT2D eigenvalue weighted by atomic mass is 9.74. The maximum atomic E-state index is 15.3. The van der Waals surface area contributed by atoms with Crippen LogP contribution in [0.2, 0.25) is 20.1 Å². The van der Waals surface area contributed by atoms with Crippen molar-refractivity contribution in [3.05, 3.63) is 234 Å². The van der Waals surface area contributed by atoms with E-state index in [4.69, 9.17) is 84.3 Å². The molecule has 8 aromatic carbocycles. The lowest BCUT2D eigenvalue weighted by Crippen LogP contribution is -2.59. The molecule has 12 atom stereocenters. The standard InChI is InChI=1S/C23H25ClF2O5S.2C22H21ClF2O5S.C21H22ClF2NO6S2/c1-22(2,27)10-9-19-16-13-31-21-18(26)8-7-17(25)20(21)23(16,11-12-30-19)32(28,29)15-5-3-14(24)4-6-15;2*1-2-14(26)11-19-16-12-30-21-18(25)8-7-17(24)20(21)22(16,9-10-29-19)31(27,28)15-5-3-13(23)4-6-15;1-2-32(26,27)25-11-18-15-12-31-20-17(24)8-7-16(23)19(20)21(15,9-10-30-18)33(28,29)14-5-3-13(22)4-6-14/h3-8,16,19,27H,9-13H2,1-2H3;2*3-8,16,19H,2,9-12H2,1H3;3-8,15,18,25H,2,9-12H2,1H3/t16-,19-,23-;2*16-,19-,22-;15-,18-,21-/m0000/s1. The number of halogens is 12. The number of aliphatic hydroxyl groups is 1. The van der Waals surface area contributed by atoms with Gasteiger partial charge in [-0.05, 0) is 205 Å². The smallest absolute Gasteiger partial charge is 0.211 e. The minimum atomic E-state index is -4.35. The molecule has 127 heavy (non-hydrogen) atoms. The molecular formula is C88H89Cl4F8NO21S5. The van der Waals surface area contributed by atoms with Crippen molar-refractivity contribution < 1.29 is 130 Å². The van der Waals surface area contributed by atoms with E-state index in [-0.39, 0.29) is 170 Å². The van der Waals surface area contributed by atoms with Crippen molar-refractivity contribution in [3.63, 3.8) is 0 Å². The predicted octanol–water partition coefficient (Wildman–Crippen LogP) is 16.6. The van der Waals surface area contributed by atoms with Crippen molar-refractivity contribution in [1.82, 2.24) is 4.72 Å². The van der Waals surface area contributed by atoms with E-state index in [9.17, 15) is 74.3 Å². The van der Waals surface area contributed by atoms with E-state index in [0.717, 1.165) is 48.5 Å². The topological polar surface area (TPSA) is 311 Å². The van der Waals surface area contributed by atoms with Gasteiger partial charge in [0.05, 0.1) is 104 Å². The number of carbonyl (C=O) groups excluding carboxylic acids is 2. The monoisotopic (exact) mass is 1950 g/mol. The molecule has 22 nitrogen and oxygen atoms in total. The lowest BCUT2D eigenvalue weighted by molar-refractivity contribution is -0.128. The van der Waals surface area contributed by atoms with Crippen molar-refractivity contribution >= 4 is 107 Å². The molecule has 4 saturated heterocycles. The molecule has 39 heteroatoms. The number of sulfone groups is 4. The normalized spacial score (nSPS) is 25.3. The molecular weight excluding hydrogens is 1860 g/mol. The molecule has 686 valence electrons. The first-order valence-corrected chi connectivity index (χ1v) is 49.7. The summed E-state index contributed by atoms with van der Waals surface area (Å²) in [6, 6.07) is 29.4. The van der Waals surface area contributed by atoms with Crippen molar-refractivity contribution in [1.29, 1.82) is 0 Å². The Hall–Kier alpha value is -7.59. The molecule has 4 fully saturated rings. The Balaban J connectivity index is 0.000000145. The van der Waals surface area contributed by atoms with Crippen LogP contribution >= 0.6 is 46.4 Å². The van der Waals surface area contributed by atoms with Crippen LogP contribution in [0.15, 0.2) is 165 Å². The summed E-state index contributed by atoms with van der Waals surface area (Å²) in [5.74, 6) is -12.6. The minimum Gasteiger partial charge on any atom is -0.490 e. The third-order valence-electron chi connectivity index (χ3n) is 25.0. The number of ketones is 2. The average Bonchev–Trinajstić information content (AvgIpc) is 0.712. The van der Waals surface area contributed by atoms with Crippen molar-refractivity contribution in [2.24, 2.45) is 23.7 Å². The fourth-order valence-corrected chi connectivity index (χ4v) is 29.1. The van der Waals surface area contributed by atoms with E-state index in [1.54, 1.807) is 27.7 Å². The quantitative estimate of drug-likeness (QED) is 0.0631. The summed E-state index contributed by atoms with van der Waals surface area (Å²) < 4.78 is 296. The minimum absolute atomic E-state index is 0.0274. The summed E-state index contributed by atoms with van der Waals surface area (Å²) >= 11 is 23.7. The highest BCUT2D eigenvalue weighted by molar-refractivity contribution is 7.93. The van der Waals surface area contributed by atoms with Gasteiger partial charge in [0.1, 0.15) is 53.8 Å². The van der Waals surface area contributed by atoms with Crippen molar-refractivity contribution in [2.75, 3.05) is 65.2 Å². The Bertz CT molecular complexity index is 5920. The number of hydrogen-bond donors (Lipinski definition) is 2. The van der Waals surface area contributed by atoms with Gasteiger partial charge in [0, 0.05) is 102 Å². The van der Waals surface area contributed by atoms with Crippen LogP contribution in [-0.2, 0) is 96.9 Å². The highest BCUT2D eigenvalue weighted by Gasteiger charge is 2.67. The number of nitrogens with one attached hydrogen (secondary N) is 1. The first-order chi connectivity index (χ1) is 59.9. The Kier molecular flexibility index (Phi) is 29.0. The summed E-state index contributed by atoms with van der Waals surface area (Å²) in [5.41, 5.74) is -2.36. The average molecular weight is 1950 g/mol. The largest absolute Gasteiger partial charge is 0.490 e. The number of fused-ring (bicyclic) bond motifs is 12. The third-order valence-corrected chi connectivity index (χ3v) is 37.6. The summed E-state index contributed by atoms with van der Waals surface area (Å²) in [5, 5.41) is 11.5. The molecule has 0 unspecified atom stereocenters. The molecule has 0 aromatic heterocycles. The molecule has 8 aliphatic rings. The third kappa shape index (κ3) is 17.9. The van der Waals surface area contributed by atoms with E-state index in [1.165, 1.54) is 104 Å². The highest BCUT2D eigenvalue weighted by Crippen LogP contribution is 2.61. The van der Waals surface area contributed by atoms with Crippen molar-refractivity contribution in [2.45, 2.75) is 167 Å². The van der Waals surface area contributed by atoms with Gasteiger partial charge < -0.3 is 43.0 Å². The number of benzene rings is 8. The van der Waals surface area contributed by atoms with Crippen LogP contribution in [0.3, 0.4) is 0 Å². The number of rotatable bonds is 21. The van der Waals surface area contributed by atoms with Crippen LogP contribution < -0.4 is 23.7 Å². The summed E-state index contributed by atoms with van der Waals surface area (Å²) in [7, 11) is -20.7. The van der Waals surface area contributed by atoms with Gasteiger partial charge in [0.25, 0.3) is 0 Å². The molecule has 8 aromatic rings. The molecule has 16 rings (SSSR count).